The van der Waals surface area contributed by atoms with Gasteiger partial charge in [-0.25, -0.2) is 4.79 Å². The average Bonchev–Trinajstić information content (AvgIpc) is 3.09. The zero-order valence-electron chi connectivity index (χ0n) is 19.0. The highest BCUT2D eigenvalue weighted by molar-refractivity contribution is 7.17. The molecular weight excluding hydrogens is 410 g/mol. The molecule has 0 spiro atoms. The molecule has 0 radical (unpaired) electrons. The lowest BCUT2D eigenvalue weighted by Crippen LogP contribution is -2.21. The van der Waals surface area contributed by atoms with Crippen molar-refractivity contribution in [2.24, 2.45) is 5.92 Å². The Balaban J connectivity index is 1.65. The molecule has 1 aromatic carbocycles. The van der Waals surface area contributed by atoms with E-state index in [1.807, 2.05) is 12.1 Å². The Kier molecular flexibility index (Phi) is 8.13. The number of ether oxygens (including phenoxy) is 2. The first-order valence-corrected chi connectivity index (χ1v) is 12.1. The molecular formula is C25H33NO4S. The summed E-state index contributed by atoms with van der Waals surface area (Å²) in [5.41, 5.74) is 2.84. The van der Waals surface area contributed by atoms with Crippen LogP contribution < -0.4 is 10.1 Å². The molecule has 1 N–H and O–H groups in total. The van der Waals surface area contributed by atoms with E-state index in [9.17, 15) is 9.59 Å². The number of benzene rings is 1. The molecule has 0 saturated carbocycles. The summed E-state index contributed by atoms with van der Waals surface area (Å²) in [6.45, 7) is 8.61. The van der Waals surface area contributed by atoms with Crippen LogP contribution >= 0.6 is 11.3 Å². The molecule has 0 bridgehead atoms. The minimum Gasteiger partial charge on any atom is -0.484 e. The van der Waals surface area contributed by atoms with Gasteiger partial charge in [-0.2, -0.15) is 0 Å². The first-order valence-electron chi connectivity index (χ1n) is 11.3. The molecule has 1 heterocycles. The zero-order chi connectivity index (χ0) is 22.4. The number of amides is 1. The fourth-order valence-corrected chi connectivity index (χ4v) is 5.48. The highest BCUT2D eigenvalue weighted by Crippen LogP contribution is 2.40. The molecule has 0 unspecified atom stereocenters. The van der Waals surface area contributed by atoms with Crippen molar-refractivity contribution < 1.29 is 19.1 Å². The second-order valence-corrected chi connectivity index (χ2v) is 9.48. The van der Waals surface area contributed by atoms with Gasteiger partial charge in [0.2, 0.25) is 0 Å². The number of anilines is 1. The van der Waals surface area contributed by atoms with E-state index in [2.05, 4.69) is 38.2 Å². The number of rotatable bonds is 9. The van der Waals surface area contributed by atoms with Crippen molar-refractivity contribution in [2.45, 2.75) is 65.7 Å². The van der Waals surface area contributed by atoms with Gasteiger partial charge >= 0.3 is 5.97 Å². The summed E-state index contributed by atoms with van der Waals surface area (Å²) >= 11 is 1.49. The molecule has 2 atom stereocenters. The summed E-state index contributed by atoms with van der Waals surface area (Å²) in [6.07, 6.45) is 5.12. The topological polar surface area (TPSA) is 64.6 Å². The number of thiophene rings is 1. The van der Waals surface area contributed by atoms with Gasteiger partial charge in [-0.05, 0) is 67.7 Å². The van der Waals surface area contributed by atoms with Gasteiger partial charge in [0.1, 0.15) is 10.8 Å². The van der Waals surface area contributed by atoms with E-state index < -0.39 is 0 Å². The first kappa shape index (κ1) is 23.3. The second kappa shape index (κ2) is 10.8. The van der Waals surface area contributed by atoms with Crippen molar-refractivity contribution in [3.63, 3.8) is 0 Å². The van der Waals surface area contributed by atoms with E-state index in [-0.39, 0.29) is 18.5 Å². The third-order valence-corrected chi connectivity index (χ3v) is 6.95. The highest BCUT2D eigenvalue weighted by atomic mass is 32.1. The lowest BCUT2D eigenvalue weighted by molar-refractivity contribution is -0.118. The van der Waals surface area contributed by atoms with Gasteiger partial charge in [0.15, 0.2) is 6.61 Å². The van der Waals surface area contributed by atoms with Crippen LogP contribution in [0, 0.1) is 5.92 Å². The van der Waals surface area contributed by atoms with Crippen molar-refractivity contribution in [3.8, 4) is 5.75 Å². The van der Waals surface area contributed by atoms with Gasteiger partial charge < -0.3 is 14.8 Å². The van der Waals surface area contributed by atoms with Crippen LogP contribution in [-0.2, 0) is 22.4 Å². The van der Waals surface area contributed by atoms with Gasteiger partial charge in [0.25, 0.3) is 5.91 Å². The molecule has 0 aliphatic heterocycles. The van der Waals surface area contributed by atoms with Gasteiger partial charge in [-0.1, -0.05) is 39.3 Å². The molecule has 1 aromatic heterocycles. The Morgan fingerprint density at radius 2 is 1.97 bits per heavy atom. The van der Waals surface area contributed by atoms with Crippen LogP contribution in [0.4, 0.5) is 5.00 Å². The van der Waals surface area contributed by atoms with Gasteiger partial charge in [0.05, 0.1) is 12.2 Å². The first-order chi connectivity index (χ1) is 14.9. The molecule has 3 rings (SSSR count). The van der Waals surface area contributed by atoms with E-state index in [1.54, 1.807) is 6.92 Å². The monoisotopic (exact) mass is 443 g/mol. The van der Waals surface area contributed by atoms with E-state index >= 15 is 0 Å². The lowest BCUT2D eigenvalue weighted by Gasteiger charge is -2.18. The van der Waals surface area contributed by atoms with Crippen LogP contribution in [0.1, 0.15) is 79.2 Å². The molecule has 1 aliphatic carbocycles. The minimum absolute atomic E-state index is 0.106. The number of hydrogen-bond donors (Lipinski definition) is 1. The Bertz CT molecular complexity index is 903. The Morgan fingerprint density at radius 3 is 2.65 bits per heavy atom. The van der Waals surface area contributed by atoms with Crippen molar-refractivity contribution in [2.75, 3.05) is 18.5 Å². The molecule has 1 amide bonds. The van der Waals surface area contributed by atoms with Crippen LogP contribution in [0.15, 0.2) is 24.3 Å². The molecule has 5 nitrogen and oxygen atoms in total. The fraction of sp³-hybridized carbons (Fsp3) is 0.520. The number of fused-ring (bicyclic) bond motifs is 1. The molecule has 0 saturated heterocycles. The van der Waals surface area contributed by atoms with Gasteiger partial charge in [-0.15, -0.1) is 11.3 Å². The lowest BCUT2D eigenvalue weighted by atomic mass is 9.88. The maximum atomic E-state index is 12.6. The normalized spacial score (nSPS) is 16.3. The molecule has 31 heavy (non-hydrogen) atoms. The highest BCUT2D eigenvalue weighted by Gasteiger charge is 2.29. The van der Waals surface area contributed by atoms with Gasteiger partial charge in [0, 0.05) is 4.88 Å². The number of nitrogens with one attached hydrogen (secondary N) is 1. The van der Waals surface area contributed by atoms with E-state index in [0.717, 1.165) is 37.7 Å². The molecule has 0 fully saturated rings. The predicted octanol–water partition coefficient (Wildman–Crippen LogP) is 5.97. The second-order valence-electron chi connectivity index (χ2n) is 8.37. The molecule has 2 aromatic rings. The largest absolute Gasteiger partial charge is 0.484 e. The van der Waals surface area contributed by atoms with Crippen molar-refractivity contribution in [3.05, 3.63) is 45.8 Å². The van der Waals surface area contributed by atoms with Crippen LogP contribution in [0.2, 0.25) is 0 Å². The maximum Gasteiger partial charge on any atom is 0.341 e. The Hall–Kier alpha value is -2.34. The zero-order valence-corrected chi connectivity index (χ0v) is 19.8. The van der Waals surface area contributed by atoms with Crippen LogP contribution in [0.5, 0.6) is 5.75 Å². The number of hydrogen-bond acceptors (Lipinski definition) is 5. The fourth-order valence-electron chi connectivity index (χ4n) is 4.06. The van der Waals surface area contributed by atoms with Crippen molar-refractivity contribution >= 4 is 28.2 Å². The van der Waals surface area contributed by atoms with Crippen molar-refractivity contribution in [1.29, 1.82) is 0 Å². The van der Waals surface area contributed by atoms with E-state index in [4.69, 9.17) is 9.47 Å². The quantitative estimate of drug-likeness (QED) is 0.485. The number of esters is 1. The third kappa shape index (κ3) is 5.88. The summed E-state index contributed by atoms with van der Waals surface area (Å²) in [7, 11) is 0. The predicted molar refractivity (Wildman–Crippen MR) is 125 cm³/mol. The molecule has 6 heteroatoms. The third-order valence-electron chi connectivity index (χ3n) is 5.78. The molecule has 168 valence electrons. The summed E-state index contributed by atoms with van der Waals surface area (Å²) in [5, 5.41) is 3.47. The average molecular weight is 444 g/mol. The van der Waals surface area contributed by atoms with Crippen LogP contribution in [-0.4, -0.2) is 25.1 Å². The Morgan fingerprint density at radius 1 is 1.23 bits per heavy atom. The van der Waals surface area contributed by atoms with E-state index in [0.29, 0.717) is 34.8 Å². The summed E-state index contributed by atoms with van der Waals surface area (Å²) in [6, 6.07) is 7.93. The van der Waals surface area contributed by atoms with Crippen LogP contribution in [0.25, 0.3) is 0 Å². The number of carbonyl (C=O) groups is 2. The number of carbonyl (C=O) groups excluding carboxylic acids is 2. The smallest absolute Gasteiger partial charge is 0.341 e. The Labute approximate surface area is 189 Å². The maximum absolute atomic E-state index is 12.6. The summed E-state index contributed by atoms with van der Waals surface area (Å²) in [5.74, 6) is 1.11. The van der Waals surface area contributed by atoms with E-state index in [1.165, 1.54) is 21.8 Å². The molecule has 1 aliphatic rings. The van der Waals surface area contributed by atoms with Crippen molar-refractivity contribution in [1.82, 2.24) is 0 Å². The SMILES string of the molecule is CCC[C@@H](C)c1ccc(OCC(=O)Nc2sc3c(c2C(=O)OCC)CC[C@H](C)C3)cc1. The van der Waals surface area contributed by atoms with Gasteiger partial charge in [-0.3, -0.25) is 4.79 Å². The standard InChI is InChI=1S/C25H33NO4S/c1-5-7-17(4)18-9-11-19(12-10-18)30-15-22(27)26-24-23(25(28)29-6-2)20-13-8-16(3)14-21(20)31-24/h9-12,16-17H,5-8,13-15H2,1-4H3,(H,26,27)/t16-,17+/m0/s1. The summed E-state index contributed by atoms with van der Waals surface area (Å²) in [4.78, 5) is 26.3. The van der Waals surface area contributed by atoms with Crippen LogP contribution in [0.3, 0.4) is 0 Å². The summed E-state index contributed by atoms with van der Waals surface area (Å²) < 4.78 is 10.9. The minimum atomic E-state index is -0.359.